The number of alkyl halides is 3. The van der Waals surface area contributed by atoms with E-state index in [9.17, 15) is 22.8 Å². The lowest BCUT2D eigenvalue weighted by Gasteiger charge is -2.28. The van der Waals surface area contributed by atoms with E-state index in [1.54, 1.807) is 20.8 Å². The van der Waals surface area contributed by atoms with E-state index >= 15 is 0 Å². The molecule has 160 valence electrons. The highest BCUT2D eigenvalue weighted by Crippen LogP contribution is 2.46. The Balaban J connectivity index is 1.66. The van der Waals surface area contributed by atoms with Crippen molar-refractivity contribution in [3.05, 3.63) is 35.9 Å². The van der Waals surface area contributed by atoms with Gasteiger partial charge >= 0.3 is 18.2 Å². The van der Waals surface area contributed by atoms with Crippen molar-refractivity contribution >= 4 is 12.0 Å². The van der Waals surface area contributed by atoms with Crippen LogP contribution in [0.4, 0.5) is 18.0 Å². The van der Waals surface area contributed by atoms with E-state index in [0.717, 1.165) is 10.5 Å². The first kappa shape index (κ1) is 21.5. The number of rotatable bonds is 4. The molecule has 1 aromatic carbocycles. The van der Waals surface area contributed by atoms with E-state index in [4.69, 9.17) is 4.74 Å². The van der Waals surface area contributed by atoms with Gasteiger partial charge in [-0.1, -0.05) is 30.3 Å². The Morgan fingerprint density at radius 3 is 2.41 bits per heavy atom. The van der Waals surface area contributed by atoms with Crippen molar-refractivity contribution in [1.29, 1.82) is 0 Å². The van der Waals surface area contributed by atoms with Crippen molar-refractivity contribution in [3.63, 3.8) is 0 Å². The van der Waals surface area contributed by atoms with Crippen LogP contribution in [-0.2, 0) is 9.53 Å². The Morgan fingerprint density at radius 2 is 1.83 bits per heavy atom. The van der Waals surface area contributed by atoms with Gasteiger partial charge in [0.2, 0.25) is 0 Å². The van der Waals surface area contributed by atoms with Crippen LogP contribution in [0.15, 0.2) is 30.3 Å². The van der Waals surface area contributed by atoms with Crippen LogP contribution in [0.5, 0.6) is 0 Å². The van der Waals surface area contributed by atoms with Crippen LogP contribution in [0.1, 0.15) is 45.1 Å². The van der Waals surface area contributed by atoms with E-state index in [1.165, 1.54) is 4.90 Å². The molecule has 0 aromatic heterocycles. The highest BCUT2D eigenvalue weighted by Gasteiger charge is 2.52. The van der Waals surface area contributed by atoms with Gasteiger partial charge < -0.3 is 14.5 Å². The molecule has 0 bridgehead atoms. The van der Waals surface area contributed by atoms with Gasteiger partial charge in [-0.2, -0.15) is 13.2 Å². The molecule has 1 saturated carbocycles. The van der Waals surface area contributed by atoms with Crippen molar-refractivity contribution in [2.24, 2.45) is 5.92 Å². The summed E-state index contributed by atoms with van der Waals surface area (Å²) >= 11 is 0. The molecule has 1 aromatic rings. The van der Waals surface area contributed by atoms with Crippen LogP contribution >= 0.6 is 0 Å². The summed E-state index contributed by atoms with van der Waals surface area (Å²) in [5.41, 5.74) is 0.309. The van der Waals surface area contributed by atoms with Gasteiger partial charge in [0, 0.05) is 31.6 Å². The fourth-order valence-electron chi connectivity index (χ4n) is 3.87. The zero-order valence-electron chi connectivity index (χ0n) is 16.9. The third-order valence-electron chi connectivity index (χ3n) is 5.28. The summed E-state index contributed by atoms with van der Waals surface area (Å²) in [6.45, 7) is 5.99. The van der Waals surface area contributed by atoms with E-state index in [2.05, 4.69) is 0 Å². The summed E-state index contributed by atoms with van der Waals surface area (Å²) in [6.07, 6.45) is -4.31. The number of carbonyl (C=O) groups is 2. The predicted molar refractivity (Wildman–Crippen MR) is 101 cm³/mol. The first-order valence-corrected chi connectivity index (χ1v) is 9.86. The van der Waals surface area contributed by atoms with E-state index < -0.39 is 29.8 Å². The molecule has 5 nitrogen and oxygen atoms in total. The number of carbonyl (C=O) groups excluding carboxylic acids is 2. The molecular weight excluding hydrogens is 385 g/mol. The summed E-state index contributed by atoms with van der Waals surface area (Å²) < 4.78 is 45.0. The van der Waals surface area contributed by atoms with E-state index in [1.807, 2.05) is 30.3 Å². The third-order valence-corrected chi connectivity index (χ3v) is 5.28. The average Bonchev–Trinajstić information content (AvgIpc) is 3.27. The molecule has 1 saturated heterocycles. The van der Waals surface area contributed by atoms with Crippen molar-refractivity contribution in [2.75, 3.05) is 19.6 Å². The second kappa shape index (κ2) is 7.88. The molecule has 1 aliphatic heterocycles. The summed E-state index contributed by atoms with van der Waals surface area (Å²) in [4.78, 5) is 26.8. The molecule has 2 fully saturated rings. The van der Waals surface area contributed by atoms with Crippen LogP contribution in [0.2, 0.25) is 0 Å². The largest absolute Gasteiger partial charge is 0.471 e. The summed E-state index contributed by atoms with van der Waals surface area (Å²) in [5, 5.41) is 0. The number of halogens is 3. The lowest BCUT2D eigenvalue weighted by atomic mass is 10.1. The smallest absolute Gasteiger partial charge is 0.444 e. The second-order valence-electron chi connectivity index (χ2n) is 8.86. The zero-order valence-corrected chi connectivity index (χ0v) is 16.9. The van der Waals surface area contributed by atoms with Gasteiger partial charge in [0.15, 0.2) is 0 Å². The van der Waals surface area contributed by atoms with Gasteiger partial charge in [-0.25, -0.2) is 4.79 Å². The standard InChI is InChI=1S/C21H27F3N2O3/c1-20(2,3)29-19(28)25-10-9-14(12-25)13-26(18(27)21(22,23)24)17-11-16(17)15-7-5-4-6-8-15/h4-8,14,16-17H,9-13H2,1-3H3. The fraction of sp³-hybridized carbons (Fsp3) is 0.619. The van der Waals surface area contributed by atoms with Crippen molar-refractivity contribution < 1.29 is 27.5 Å². The number of benzene rings is 1. The number of ether oxygens (including phenoxy) is 1. The molecule has 2 aliphatic rings. The summed E-state index contributed by atoms with van der Waals surface area (Å²) in [5.74, 6) is -2.08. The Hall–Kier alpha value is -2.25. The SMILES string of the molecule is CC(C)(C)OC(=O)N1CCC(CN(C(=O)C(F)(F)F)C2CC2c2ccccc2)C1. The number of hydrogen-bond acceptors (Lipinski definition) is 3. The van der Waals surface area contributed by atoms with Crippen LogP contribution in [-0.4, -0.2) is 59.3 Å². The van der Waals surface area contributed by atoms with Gasteiger partial charge in [-0.05, 0) is 45.1 Å². The molecule has 3 unspecified atom stereocenters. The topological polar surface area (TPSA) is 49.9 Å². The van der Waals surface area contributed by atoms with Crippen LogP contribution in [0.25, 0.3) is 0 Å². The van der Waals surface area contributed by atoms with Crippen molar-refractivity contribution in [3.8, 4) is 0 Å². The Labute approximate surface area is 168 Å². The minimum absolute atomic E-state index is 0.00829. The lowest BCUT2D eigenvalue weighted by molar-refractivity contribution is -0.186. The maximum absolute atomic E-state index is 13.2. The summed E-state index contributed by atoms with van der Waals surface area (Å²) in [6, 6.07) is 8.83. The zero-order chi connectivity index (χ0) is 21.4. The molecule has 8 heteroatoms. The maximum atomic E-state index is 13.2. The van der Waals surface area contributed by atoms with Crippen LogP contribution < -0.4 is 0 Å². The van der Waals surface area contributed by atoms with Gasteiger partial charge in [0.05, 0.1) is 0 Å². The average molecular weight is 412 g/mol. The lowest BCUT2D eigenvalue weighted by Crippen LogP contribution is -2.46. The molecule has 29 heavy (non-hydrogen) atoms. The van der Waals surface area contributed by atoms with E-state index in [0.29, 0.717) is 25.9 Å². The minimum atomic E-state index is -4.91. The Kier molecular flexibility index (Phi) is 5.83. The quantitative estimate of drug-likeness (QED) is 0.745. The van der Waals surface area contributed by atoms with E-state index in [-0.39, 0.29) is 18.4 Å². The predicted octanol–water partition coefficient (Wildman–Crippen LogP) is 4.19. The molecule has 0 N–H and O–H groups in total. The van der Waals surface area contributed by atoms with Crippen LogP contribution in [0.3, 0.4) is 0 Å². The summed E-state index contributed by atoms with van der Waals surface area (Å²) in [7, 11) is 0. The molecule has 0 spiro atoms. The molecule has 1 heterocycles. The molecule has 3 atom stereocenters. The minimum Gasteiger partial charge on any atom is -0.444 e. The molecule has 0 radical (unpaired) electrons. The van der Waals surface area contributed by atoms with Gasteiger partial charge in [0.1, 0.15) is 5.60 Å². The first-order valence-electron chi connectivity index (χ1n) is 9.86. The van der Waals surface area contributed by atoms with Gasteiger partial charge in [0.25, 0.3) is 0 Å². The molecule has 2 amide bonds. The first-order chi connectivity index (χ1) is 13.5. The normalized spacial score (nSPS) is 24.3. The Morgan fingerprint density at radius 1 is 1.17 bits per heavy atom. The van der Waals surface area contributed by atoms with Gasteiger partial charge in [-0.15, -0.1) is 0 Å². The number of hydrogen-bond donors (Lipinski definition) is 0. The monoisotopic (exact) mass is 412 g/mol. The Bertz CT molecular complexity index is 746. The number of amides is 2. The molecule has 3 rings (SSSR count). The number of nitrogens with zero attached hydrogens (tertiary/aromatic N) is 2. The van der Waals surface area contributed by atoms with Crippen molar-refractivity contribution in [2.45, 2.75) is 57.3 Å². The van der Waals surface area contributed by atoms with Gasteiger partial charge in [-0.3, -0.25) is 4.79 Å². The molecular formula is C21H27F3N2O3. The fourth-order valence-corrected chi connectivity index (χ4v) is 3.87. The maximum Gasteiger partial charge on any atom is 0.471 e. The second-order valence-corrected chi connectivity index (χ2v) is 8.86. The highest BCUT2D eigenvalue weighted by atomic mass is 19.4. The third kappa shape index (κ3) is 5.42. The van der Waals surface area contributed by atoms with Crippen LogP contribution in [0, 0.1) is 5.92 Å². The number of likely N-dealkylation sites (tertiary alicyclic amines) is 1. The molecule has 1 aliphatic carbocycles. The highest BCUT2D eigenvalue weighted by molar-refractivity contribution is 5.82. The van der Waals surface area contributed by atoms with Crippen molar-refractivity contribution in [1.82, 2.24) is 9.80 Å².